The summed E-state index contributed by atoms with van der Waals surface area (Å²) in [4.78, 5) is 27.8. The van der Waals surface area contributed by atoms with E-state index in [1.807, 2.05) is 30.3 Å². The van der Waals surface area contributed by atoms with Gasteiger partial charge in [-0.1, -0.05) is 36.4 Å². The van der Waals surface area contributed by atoms with Crippen molar-refractivity contribution in [3.05, 3.63) is 58.3 Å². The molecule has 1 aliphatic carbocycles. The number of nitrogens with one attached hydrogen (secondary N) is 2. The third-order valence-corrected chi connectivity index (χ3v) is 6.91. The molecule has 0 radical (unpaired) electrons. The van der Waals surface area contributed by atoms with E-state index in [1.165, 1.54) is 4.88 Å². The van der Waals surface area contributed by atoms with Crippen LogP contribution in [-0.2, 0) is 21.7 Å². The molecule has 0 aliphatic heterocycles. The molecule has 1 aliphatic rings. The fourth-order valence-corrected chi connectivity index (χ4v) is 5.12. The molecule has 1 saturated carbocycles. The van der Waals surface area contributed by atoms with E-state index in [1.54, 1.807) is 11.3 Å². The molecule has 7 heteroatoms. The van der Waals surface area contributed by atoms with Gasteiger partial charge in [-0.25, -0.2) is 4.79 Å². The lowest BCUT2D eigenvalue weighted by Crippen LogP contribution is -2.48. The standard InChI is InChI=1S/C23H31N3O3S/c1-26(2)23(20-9-6-16-30-20)13-10-19(11-14-23)25-21(27)12-15-24-22(28)29-17-18-7-4-3-5-8-18/h3-9,16,19H,10-15,17H2,1-2H3,(H,24,28)(H,25,27). The molecule has 162 valence electrons. The number of ether oxygens (including phenoxy) is 1. The third-order valence-electron chi connectivity index (χ3n) is 5.85. The number of thiophene rings is 1. The Morgan fingerprint density at radius 3 is 2.50 bits per heavy atom. The van der Waals surface area contributed by atoms with Crippen LogP contribution in [0, 0.1) is 0 Å². The van der Waals surface area contributed by atoms with Crippen molar-refractivity contribution in [2.24, 2.45) is 0 Å². The molecule has 1 heterocycles. The number of carbonyl (C=O) groups excluding carboxylic acids is 2. The molecule has 0 atom stereocenters. The lowest BCUT2D eigenvalue weighted by atomic mass is 9.77. The van der Waals surface area contributed by atoms with Gasteiger partial charge in [-0.2, -0.15) is 0 Å². The van der Waals surface area contributed by atoms with Crippen molar-refractivity contribution in [2.75, 3.05) is 20.6 Å². The molecule has 0 bridgehead atoms. The molecule has 30 heavy (non-hydrogen) atoms. The Bertz CT molecular complexity index is 800. The van der Waals surface area contributed by atoms with Crippen molar-refractivity contribution in [1.82, 2.24) is 15.5 Å². The van der Waals surface area contributed by atoms with E-state index in [0.717, 1.165) is 31.2 Å². The first-order valence-corrected chi connectivity index (χ1v) is 11.3. The lowest BCUT2D eigenvalue weighted by Gasteiger charge is -2.44. The van der Waals surface area contributed by atoms with E-state index in [4.69, 9.17) is 4.74 Å². The molecule has 2 aromatic rings. The average molecular weight is 430 g/mol. The van der Waals surface area contributed by atoms with Gasteiger partial charge in [0.1, 0.15) is 6.61 Å². The Hall–Kier alpha value is -2.38. The molecular formula is C23H31N3O3S. The van der Waals surface area contributed by atoms with Gasteiger partial charge in [-0.3, -0.25) is 9.69 Å². The molecule has 0 spiro atoms. The predicted octanol–water partition coefficient (Wildman–Crippen LogP) is 3.88. The van der Waals surface area contributed by atoms with Crippen LogP contribution in [0.15, 0.2) is 47.8 Å². The van der Waals surface area contributed by atoms with Crippen LogP contribution in [0.1, 0.15) is 42.5 Å². The Balaban J connectivity index is 1.35. The van der Waals surface area contributed by atoms with Crippen LogP contribution in [0.3, 0.4) is 0 Å². The maximum atomic E-state index is 12.3. The van der Waals surface area contributed by atoms with E-state index < -0.39 is 6.09 Å². The number of carbonyl (C=O) groups is 2. The average Bonchev–Trinajstić information content (AvgIpc) is 3.29. The minimum atomic E-state index is -0.504. The molecule has 6 nitrogen and oxygen atoms in total. The fraction of sp³-hybridized carbons (Fsp3) is 0.478. The molecule has 3 rings (SSSR count). The topological polar surface area (TPSA) is 70.7 Å². The second-order valence-corrected chi connectivity index (χ2v) is 8.93. The van der Waals surface area contributed by atoms with Crippen LogP contribution in [0.2, 0.25) is 0 Å². The number of nitrogens with zero attached hydrogens (tertiary/aromatic N) is 1. The van der Waals surface area contributed by atoms with Crippen LogP contribution >= 0.6 is 11.3 Å². The molecule has 1 fully saturated rings. The van der Waals surface area contributed by atoms with Crippen molar-refractivity contribution >= 4 is 23.3 Å². The number of benzene rings is 1. The minimum absolute atomic E-state index is 0.0307. The van der Waals surface area contributed by atoms with Crippen molar-refractivity contribution < 1.29 is 14.3 Å². The van der Waals surface area contributed by atoms with Gasteiger partial charge >= 0.3 is 6.09 Å². The molecular weight excluding hydrogens is 398 g/mol. The van der Waals surface area contributed by atoms with Crippen molar-refractivity contribution in [3.63, 3.8) is 0 Å². The van der Waals surface area contributed by atoms with Gasteiger partial charge in [0, 0.05) is 23.9 Å². The molecule has 1 aromatic heterocycles. The van der Waals surface area contributed by atoms with Crippen LogP contribution in [0.4, 0.5) is 4.79 Å². The molecule has 1 aromatic carbocycles. The van der Waals surface area contributed by atoms with Gasteiger partial charge in [-0.05, 0) is 56.8 Å². The van der Waals surface area contributed by atoms with Gasteiger partial charge in [0.25, 0.3) is 0 Å². The lowest BCUT2D eigenvalue weighted by molar-refractivity contribution is -0.122. The van der Waals surface area contributed by atoms with E-state index in [0.29, 0.717) is 0 Å². The zero-order valence-corrected chi connectivity index (χ0v) is 18.5. The Kier molecular flexibility index (Phi) is 7.87. The van der Waals surface area contributed by atoms with Gasteiger partial charge < -0.3 is 15.4 Å². The van der Waals surface area contributed by atoms with Crippen LogP contribution in [0.25, 0.3) is 0 Å². The zero-order chi connectivity index (χ0) is 21.4. The summed E-state index contributed by atoms with van der Waals surface area (Å²) in [5, 5.41) is 7.90. The highest BCUT2D eigenvalue weighted by molar-refractivity contribution is 7.10. The highest BCUT2D eigenvalue weighted by Crippen LogP contribution is 2.42. The first-order chi connectivity index (χ1) is 14.5. The van der Waals surface area contributed by atoms with Gasteiger partial charge in [0.15, 0.2) is 0 Å². The maximum Gasteiger partial charge on any atom is 0.407 e. The summed E-state index contributed by atoms with van der Waals surface area (Å²) in [5.74, 6) is -0.0307. The summed E-state index contributed by atoms with van der Waals surface area (Å²) in [6.45, 7) is 0.488. The zero-order valence-electron chi connectivity index (χ0n) is 17.7. The largest absolute Gasteiger partial charge is 0.445 e. The maximum absolute atomic E-state index is 12.3. The summed E-state index contributed by atoms with van der Waals surface area (Å²) in [6.07, 6.45) is 3.70. The van der Waals surface area contributed by atoms with Crippen molar-refractivity contribution in [2.45, 2.75) is 50.3 Å². The summed E-state index contributed by atoms with van der Waals surface area (Å²) < 4.78 is 5.16. The normalized spacial score (nSPS) is 21.2. The molecule has 0 unspecified atom stereocenters. The highest BCUT2D eigenvalue weighted by Gasteiger charge is 2.39. The first kappa shape index (κ1) is 22.3. The van der Waals surface area contributed by atoms with Gasteiger partial charge in [-0.15, -0.1) is 11.3 Å². The van der Waals surface area contributed by atoms with Crippen LogP contribution in [0.5, 0.6) is 0 Å². The van der Waals surface area contributed by atoms with E-state index in [-0.39, 0.29) is 37.1 Å². The Morgan fingerprint density at radius 2 is 1.87 bits per heavy atom. The highest BCUT2D eigenvalue weighted by atomic mass is 32.1. The first-order valence-electron chi connectivity index (χ1n) is 10.4. The van der Waals surface area contributed by atoms with E-state index >= 15 is 0 Å². The fourth-order valence-electron chi connectivity index (χ4n) is 4.05. The van der Waals surface area contributed by atoms with Crippen molar-refractivity contribution in [3.8, 4) is 0 Å². The summed E-state index contributed by atoms with van der Waals surface area (Å²) in [6, 6.07) is 14.0. The Labute approximate surface area is 182 Å². The summed E-state index contributed by atoms with van der Waals surface area (Å²) in [5.41, 5.74) is 0.999. The Morgan fingerprint density at radius 1 is 1.13 bits per heavy atom. The van der Waals surface area contributed by atoms with Crippen molar-refractivity contribution in [1.29, 1.82) is 0 Å². The van der Waals surface area contributed by atoms with Crippen LogP contribution in [-0.4, -0.2) is 43.6 Å². The van der Waals surface area contributed by atoms with E-state index in [2.05, 4.69) is 47.1 Å². The third kappa shape index (κ3) is 5.83. The molecule has 2 N–H and O–H groups in total. The smallest absolute Gasteiger partial charge is 0.407 e. The number of amides is 2. The van der Waals surface area contributed by atoms with Gasteiger partial charge in [0.2, 0.25) is 5.91 Å². The second-order valence-electron chi connectivity index (χ2n) is 7.98. The number of hydrogen-bond donors (Lipinski definition) is 2. The van der Waals surface area contributed by atoms with Crippen LogP contribution < -0.4 is 10.6 Å². The summed E-state index contributed by atoms with van der Waals surface area (Å²) in [7, 11) is 4.28. The SMILES string of the molecule is CN(C)C1(c2cccs2)CCC(NC(=O)CCNC(=O)OCc2ccccc2)CC1. The number of hydrogen-bond acceptors (Lipinski definition) is 5. The summed E-state index contributed by atoms with van der Waals surface area (Å²) >= 11 is 1.81. The monoisotopic (exact) mass is 429 g/mol. The number of rotatable bonds is 8. The predicted molar refractivity (Wildman–Crippen MR) is 119 cm³/mol. The van der Waals surface area contributed by atoms with E-state index in [9.17, 15) is 9.59 Å². The molecule has 2 amide bonds. The quantitative estimate of drug-likeness (QED) is 0.668. The number of alkyl carbamates (subject to hydrolysis) is 1. The van der Waals surface area contributed by atoms with Gasteiger partial charge in [0.05, 0.1) is 5.54 Å². The second kappa shape index (κ2) is 10.6. The molecule has 0 saturated heterocycles. The minimum Gasteiger partial charge on any atom is -0.445 e.